The number of nitrogens with zero attached hydrogens (tertiary/aromatic N) is 5. The molecule has 1 aliphatic rings. The molecule has 0 bridgehead atoms. The fourth-order valence-corrected chi connectivity index (χ4v) is 4.99. The van der Waals surface area contributed by atoms with E-state index in [0.717, 1.165) is 0 Å². The molecule has 0 spiro atoms. The number of hydrogen-bond acceptors (Lipinski definition) is 8. The average molecular weight is 496 g/mol. The third kappa shape index (κ3) is 4.10. The van der Waals surface area contributed by atoms with Crippen molar-refractivity contribution in [1.29, 1.82) is 0 Å². The smallest absolute Gasteiger partial charge is 0.273 e. The zero-order chi connectivity index (χ0) is 24.7. The Balaban J connectivity index is 1.40. The Hall–Kier alpha value is -4.26. The van der Waals surface area contributed by atoms with Crippen molar-refractivity contribution in [3.63, 3.8) is 0 Å². The van der Waals surface area contributed by atoms with Crippen LogP contribution in [0.3, 0.4) is 0 Å². The number of halogens is 1. The summed E-state index contributed by atoms with van der Waals surface area (Å²) in [6.07, 6.45) is 1.39. The summed E-state index contributed by atoms with van der Waals surface area (Å²) in [6, 6.07) is 9.12. The van der Waals surface area contributed by atoms with Gasteiger partial charge in [0.15, 0.2) is 10.8 Å². The van der Waals surface area contributed by atoms with Crippen molar-refractivity contribution in [3.05, 3.63) is 74.9 Å². The van der Waals surface area contributed by atoms with Gasteiger partial charge in [-0.25, -0.2) is 14.1 Å². The zero-order valence-corrected chi connectivity index (χ0v) is 19.0. The lowest BCUT2D eigenvalue weighted by Crippen LogP contribution is -2.27. The van der Waals surface area contributed by atoms with E-state index >= 15 is 0 Å². The van der Waals surface area contributed by atoms with Gasteiger partial charge in [-0.1, -0.05) is 11.8 Å². The fraction of sp³-hybridized carbons (Fsp3) is 0.182. The van der Waals surface area contributed by atoms with Gasteiger partial charge in [0.1, 0.15) is 17.0 Å². The third-order valence-corrected chi connectivity index (χ3v) is 6.63. The van der Waals surface area contributed by atoms with Crippen LogP contribution in [-0.2, 0) is 4.79 Å². The number of anilines is 1. The molecule has 1 unspecified atom stereocenters. The molecule has 1 amide bonds. The lowest BCUT2D eigenvalue weighted by Gasteiger charge is -2.14. The first-order valence-electron chi connectivity index (χ1n) is 10.4. The average Bonchev–Trinajstić information content (AvgIpc) is 3.44. The second-order valence-corrected chi connectivity index (χ2v) is 8.69. The molecule has 1 aliphatic heterocycles. The molecule has 0 aliphatic carbocycles. The Morgan fingerprint density at radius 3 is 2.80 bits per heavy atom. The first-order valence-corrected chi connectivity index (χ1v) is 11.4. The van der Waals surface area contributed by atoms with Crippen LogP contribution >= 0.6 is 11.8 Å². The summed E-state index contributed by atoms with van der Waals surface area (Å²) >= 11 is 1.35. The summed E-state index contributed by atoms with van der Waals surface area (Å²) in [4.78, 5) is 41.0. The quantitative estimate of drug-likeness (QED) is 0.244. The predicted molar refractivity (Wildman–Crippen MR) is 126 cm³/mol. The summed E-state index contributed by atoms with van der Waals surface area (Å²) < 4.78 is 21.4. The summed E-state index contributed by atoms with van der Waals surface area (Å²) in [7, 11) is 1.35. The number of fused-ring (bicyclic) bond motifs is 2. The van der Waals surface area contributed by atoms with Crippen LogP contribution in [-0.4, -0.2) is 43.0 Å². The summed E-state index contributed by atoms with van der Waals surface area (Å²) in [5.41, 5.74) is 0.712. The van der Waals surface area contributed by atoms with Gasteiger partial charge in [0, 0.05) is 18.2 Å². The highest BCUT2D eigenvalue weighted by Crippen LogP contribution is 2.34. The standard InChI is InChI=1S/C22H17FN6O5S/c1-34-18-8-14(29(32)33)6-7-17(18)25-19(30)9-15-11-35-22-26-20-16(21(31)27(15)22)10-24-28(20)13-4-2-12(23)3-5-13/h2-8,10,15H,9,11H2,1H3,(H,25,30). The molecule has 3 heterocycles. The minimum Gasteiger partial charge on any atom is -0.494 e. The molecule has 2 aromatic carbocycles. The number of ether oxygens (including phenoxy) is 1. The van der Waals surface area contributed by atoms with Gasteiger partial charge in [-0.05, 0) is 30.3 Å². The topological polar surface area (TPSA) is 134 Å². The molecule has 2 aromatic heterocycles. The Morgan fingerprint density at radius 2 is 2.09 bits per heavy atom. The number of hydrogen-bond donors (Lipinski definition) is 1. The molecule has 1 atom stereocenters. The van der Waals surface area contributed by atoms with Crippen molar-refractivity contribution in [2.75, 3.05) is 18.2 Å². The number of carbonyl (C=O) groups excluding carboxylic acids is 1. The van der Waals surface area contributed by atoms with Crippen LogP contribution < -0.4 is 15.6 Å². The van der Waals surface area contributed by atoms with Crippen LogP contribution in [0.15, 0.2) is 58.6 Å². The highest BCUT2D eigenvalue weighted by molar-refractivity contribution is 7.99. The zero-order valence-electron chi connectivity index (χ0n) is 18.2. The minimum absolute atomic E-state index is 0.0145. The van der Waals surface area contributed by atoms with Gasteiger partial charge in [0.05, 0.1) is 41.7 Å². The van der Waals surface area contributed by atoms with E-state index in [1.54, 1.807) is 12.1 Å². The molecule has 0 fully saturated rings. The molecular formula is C22H17FN6O5S. The number of carbonyl (C=O) groups is 1. The van der Waals surface area contributed by atoms with E-state index in [1.165, 1.54) is 64.6 Å². The molecule has 1 N–H and O–H groups in total. The number of benzene rings is 2. The summed E-state index contributed by atoms with van der Waals surface area (Å²) in [5.74, 6) is -0.154. The molecule has 11 nitrogen and oxygen atoms in total. The molecular weight excluding hydrogens is 479 g/mol. The summed E-state index contributed by atoms with van der Waals surface area (Å²) in [5, 5.41) is 18.6. The van der Waals surface area contributed by atoms with Gasteiger partial charge in [0.25, 0.3) is 11.2 Å². The van der Waals surface area contributed by atoms with Crippen molar-refractivity contribution in [2.24, 2.45) is 0 Å². The SMILES string of the molecule is COc1cc([N+](=O)[O-])ccc1NC(=O)CC1CSc2nc3c(cnn3-c3ccc(F)cc3)c(=O)n21. The molecule has 0 saturated heterocycles. The Labute approximate surface area is 200 Å². The first-order chi connectivity index (χ1) is 16.9. The van der Waals surface area contributed by atoms with Crippen LogP contribution in [0.5, 0.6) is 5.75 Å². The lowest BCUT2D eigenvalue weighted by molar-refractivity contribution is -0.384. The van der Waals surface area contributed by atoms with Crippen molar-refractivity contribution in [1.82, 2.24) is 19.3 Å². The lowest BCUT2D eigenvalue weighted by atomic mass is 10.2. The third-order valence-electron chi connectivity index (χ3n) is 5.53. The molecule has 0 radical (unpaired) electrons. The largest absolute Gasteiger partial charge is 0.494 e. The van der Waals surface area contributed by atoms with Crippen LogP contribution in [0, 0.1) is 15.9 Å². The van der Waals surface area contributed by atoms with Crippen LogP contribution in [0.1, 0.15) is 12.5 Å². The van der Waals surface area contributed by atoms with Crippen LogP contribution in [0.2, 0.25) is 0 Å². The van der Waals surface area contributed by atoms with E-state index in [-0.39, 0.29) is 46.2 Å². The van der Waals surface area contributed by atoms with Gasteiger partial charge in [-0.2, -0.15) is 5.10 Å². The van der Waals surface area contributed by atoms with Crippen LogP contribution in [0.4, 0.5) is 15.8 Å². The number of nitrogens with one attached hydrogen (secondary N) is 1. The molecule has 178 valence electrons. The van der Waals surface area contributed by atoms with Gasteiger partial charge >= 0.3 is 0 Å². The number of rotatable bonds is 6. The fourth-order valence-electron chi connectivity index (χ4n) is 3.86. The molecule has 13 heteroatoms. The highest BCUT2D eigenvalue weighted by Gasteiger charge is 2.30. The second-order valence-electron chi connectivity index (χ2n) is 7.70. The van der Waals surface area contributed by atoms with E-state index in [2.05, 4.69) is 15.4 Å². The monoisotopic (exact) mass is 496 g/mol. The number of nitro groups is 1. The van der Waals surface area contributed by atoms with E-state index in [1.807, 2.05) is 0 Å². The van der Waals surface area contributed by atoms with Gasteiger partial charge < -0.3 is 10.1 Å². The van der Waals surface area contributed by atoms with E-state index in [4.69, 9.17) is 4.74 Å². The number of nitro benzene ring substituents is 1. The highest BCUT2D eigenvalue weighted by atomic mass is 32.2. The van der Waals surface area contributed by atoms with Gasteiger partial charge in [-0.3, -0.25) is 24.3 Å². The van der Waals surface area contributed by atoms with Gasteiger partial charge in [-0.15, -0.1) is 0 Å². The van der Waals surface area contributed by atoms with E-state index in [9.17, 15) is 24.1 Å². The number of aromatic nitrogens is 4. The maximum atomic E-state index is 13.3. The second kappa shape index (κ2) is 8.83. The van der Waals surface area contributed by atoms with E-state index < -0.39 is 11.0 Å². The Morgan fingerprint density at radius 1 is 1.31 bits per heavy atom. The molecule has 4 aromatic rings. The minimum atomic E-state index is -0.556. The Bertz CT molecular complexity index is 1530. The molecule has 35 heavy (non-hydrogen) atoms. The number of amides is 1. The predicted octanol–water partition coefficient (Wildman–Crippen LogP) is 3.31. The normalized spacial score (nSPS) is 14.6. The first kappa shape index (κ1) is 22.5. The van der Waals surface area contributed by atoms with Gasteiger partial charge in [0.2, 0.25) is 5.91 Å². The van der Waals surface area contributed by atoms with Crippen molar-refractivity contribution < 1.29 is 18.8 Å². The summed E-state index contributed by atoms with van der Waals surface area (Å²) in [6.45, 7) is 0. The molecule has 0 saturated carbocycles. The molecule has 5 rings (SSSR count). The number of methoxy groups -OCH3 is 1. The Kier molecular flexibility index (Phi) is 5.68. The van der Waals surface area contributed by atoms with Crippen molar-refractivity contribution in [3.8, 4) is 11.4 Å². The maximum absolute atomic E-state index is 13.3. The number of thioether (sulfide) groups is 1. The maximum Gasteiger partial charge on any atom is 0.273 e. The van der Waals surface area contributed by atoms with Crippen molar-refractivity contribution in [2.45, 2.75) is 17.6 Å². The number of non-ortho nitro benzene ring substituents is 1. The van der Waals surface area contributed by atoms with Crippen molar-refractivity contribution >= 4 is 40.1 Å². The van der Waals surface area contributed by atoms with E-state index in [0.29, 0.717) is 22.2 Å². The van der Waals surface area contributed by atoms with Crippen LogP contribution in [0.25, 0.3) is 16.7 Å².